The van der Waals surface area contributed by atoms with Crippen LogP contribution in [0.25, 0.3) is 0 Å². The Morgan fingerprint density at radius 1 is 1.29 bits per heavy atom. The summed E-state index contributed by atoms with van der Waals surface area (Å²) in [4.78, 5) is 0. The zero-order valence-corrected chi connectivity index (χ0v) is 10.2. The third-order valence-electron chi connectivity index (χ3n) is 2.19. The minimum Gasteiger partial charge on any atom is -0.383 e. The van der Waals surface area contributed by atoms with E-state index in [9.17, 15) is 0 Å². The second-order valence-corrected chi connectivity index (χ2v) is 4.39. The maximum absolute atomic E-state index is 5.54. The molecule has 0 spiro atoms. The molecule has 0 aliphatic heterocycles. The molecular weight excluding hydrogens is 234 g/mol. The maximum atomic E-state index is 5.54. The van der Waals surface area contributed by atoms with Crippen LogP contribution in [0.15, 0.2) is 36.4 Å². The van der Waals surface area contributed by atoms with Crippen LogP contribution in [0.1, 0.15) is 5.56 Å². The summed E-state index contributed by atoms with van der Waals surface area (Å²) in [5.74, 6) is 0.558. The third-order valence-corrected chi connectivity index (χ3v) is 2.95. The molecule has 5 heteroatoms. The number of nitrogens with two attached hydrogens (primary N) is 1. The first-order valence-corrected chi connectivity index (χ1v) is 6.19. The van der Waals surface area contributed by atoms with Crippen molar-refractivity contribution in [3.05, 3.63) is 42.0 Å². The van der Waals surface area contributed by atoms with Gasteiger partial charge < -0.3 is 15.8 Å². The summed E-state index contributed by atoms with van der Waals surface area (Å²) in [5, 5.41) is 4.18. The van der Waals surface area contributed by atoms with Gasteiger partial charge in [-0.25, -0.2) is 0 Å². The second-order valence-electron chi connectivity index (χ2n) is 3.58. The van der Waals surface area contributed by atoms with Crippen LogP contribution in [0, 0.1) is 0 Å². The molecule has 2 aromatic rings. The molecule has 0 saturated heterocycles. The van der Waals surface area contributed by atoms with Gasteiger partial charge in [0, 0.05) is 12.6 Å². The highest BCUT2D eigenvalue weighted by Gasteiger charge is 1.97. The minimum atomic E-state index is 0.558. The fraction of sp³-hybridized carbons (Fsp3) is 0.250. The van der Waals surface area contributed by atoms with Gasteiger partial charge >= 0.3 is 0 Å². The zero-order valence-electron chi connectivity index (χ0n) is 9.43. The van der Waals surface area contributed by atoms with Gasteiger partial charge in [0.2, 0.25) is 0 Å². The molecular formula is C12H15N3OS. The molecule has 90 valence electrons. The molecule has 1 aromatic carbocycles. The molecule has 0 aliphatic rings. The lowest BCUT2D eigenvalue weighted by molar-refractivity contribution is 0.130. The van der Waals surface area contributed by atoms with Gasteiger partial charge in [0.05, 0.1) is 13.2 Å². The Morgan fingerprint density at radius 2 is 2.12 bits per heavy atom. The summed E-state index contributed by atoms with van der Waals surface area (Å²) in [5.41, 5.74) is 6.70. The van der Waals surface area contributed by atoms with Gasteiger partial charge in [-0.1, -0.05) is 30.3 Å². The maximum Gasteiger partial charge on any atom is 0.139 e. The van der Waals surface area contributed by atoms with Crippen LogP contribution < -0.4 is 11.1 Å². The van der Waals surface area contributed by atoms with E-state index in [1.54, 1.807) is 0 Å². The lowest BCUT2D eigenvalue weighted by Crippen LogP contribution is -2.08. The van der Waals surface area contributed by atoms with Gasteiger partial charge in [0.25, 0.3) is 0 Å². The fourth-order valence-corrected chi connectivity index (χ4v) is 1.98. The summed E-state index contributed by atoms with van der Waals surface area (Å²) < 4.78 is 9.52. The number of hydrogen-bond donors (Lipinski definition) is 2. The fourth-order valence-electron chi connectivity index (χ4n) is 1.38. The number of rotatable bonds is 6. The number of aromatic nitrogens is 1. The second kappa shape index (κ2) is 6.22. The van der Waals surface area contributed by atoms with Crippen molar-refractivity contribution in [1.29, 1.82) is 0 Å². The van der Waals surface area contributed by atoms with Crippen LogP contribution in [0.4, 0.5) is 10.8 Å². The Labute approximate surface area is 105 Å². The number of nitrogens with one attached hydrogen (secondary N) is 1. The van der Waals surface area contributed by atoms with Crippen molar-refractivity contribution in [3.8, 4) is 0 Å². The molecule has 1 heterocycles. The van der Waals surface area contributed by atoms with Crippen LogP contribution in [0.3, 0.4) is 0 Å². The monoisotopic (exact) mass is 249 g/mol. The van der Waals surface area contributed by atoms with E-state index in [0.29, 0.717) is 19.0 Å². The molecule has 0 bridgehead atoms. The Morgan fingerprint density at radius 3 is 2.82 bits per heavy atom. The number of ether oxygens (including phenoxy) is 1. The van der Waals surface area contributed by atoms with Gasteiger partial charge in [0.1, 0.15) is 10.8 Å². The normalized spacial score (nSPS) is 10.4. The number of nitrogen functional groups attached to an aromatic ring is 1. The molecule has 0 unspecified atom stereocenters. The van der Waals surface area contributed by atoms with Gasteiger partial charge in [-0.15, -0.1) is 0 Å². The highest BCUT2D eigenvalue weighted by Crippen LogP contribution is 2.16. The first kappa shape index (κ1) is 11.9. The van der Waals surface area contributed by atoms with Gasteiger partial charge in [-0.2, -0.15) is 4.37 Å². The van der Waals surface area contributed by atoms with E-state index in [0.717, 1.165) is 11.5 Å². The van der Waals surface area contributed by atoms with Crippen molar-refractivity contribution < 1.29 is 4.74 Å². The topological polar surface area (TPSA) is 60.2 Å². The average Bonchev–Trinajstić information content (AvgIpc) is 2.76. The number of hydrogen-bond acceptors (Lipinski definition) is 5. The first-order valence-electron chi connectivity index (χ1n) is 5.42. The smallest absolute Gasteiger partial charge is 0.139 e. The summed E-state index contributed by atoms with van der Waals surface area (Å²) in [6, 6.07) is 11.9. The van der Waals surface area contributed by atoms with Crippen LogP contribution in [-0.4, -0.2) is 17.5 Å². The first-order chi connectivity index (χ1) is 8.34. The number of benzene rings is 1. The highest BCUT2D eigenvalue weighted by atomic mass is 32.1. The van der Waals surface area contributed by atoms with E-state index in [-0.39, 0.29) is 0 Å². The number of anilines is 2. The van der Waals surface area contributed by atoms with Crippen LogP contribution in [0.2, 0.25) is 0 Å². The summed E-state index contributed by atoms with van der Waals surface area (Å²) in [6.07, 6.45) is 0. The summed E-state index contributed by atoms with van der Waals surface area (Å²) >= 11 is 1.36. The molecule has 3 N–H and O–H groups in total. The summed E-state index contributed by atoms with van der Waals surface area (Å²) in [7, 11) is 0. The Bertz CT molecular complexity index is 444. The van der Waals surface area contributed by atoms with E-state index in [2.05, 4.69) is 21.8 Å². The molecule has 0 saturated carbocycles. The Kier molecular flexibility index (Phi) is 4.35. The van der Waals surface area contributed by atoms with Gasteiger partial charge in [-0.3, -0.25) is 0 Å². The van der Waals surface area contributed by atoms with Crippen molar-refractivity contribution in [1.82, 2.24) is 4.37 Å². The molecule has 0 aliphatic carbocycles. The molecule has 0 radical (unpaired) electrons. The van der Waals surface area contributed by atoms with Crippen molar-refractivity contribution in [2.45, 2.75) is 6.61 Å². The highest BCUT2D eigenvalue weighted by molar-refractivity contribution is 7.10. The van der Waals surface area contributed by atoms with E-state index in [1.807, 2.05) is 24.3 Å². The standard InChI is InChI=1S/C12H15N3OS/c13-11-8-12(17-15-11)14-6-7-16-9-10-4-2-1-3-5-10/h1-5,8,14H,6-7,9H2,(H2,13,15). The van der Waals surface area contributed by atoms with E-state index >= 15 is 0 Å². The molecule has 17 heavy (non-hydrogen) atoms. The third kappa shape index (κ3) is 4.05. The minimum absolute atomic E-state index is 0.558. The van der Waals surface area contributed by atoms with Crippen LogP contribution in [0.5, 0.6) is 0 Å². The van der Waals surface area contributed by atoms with Crippen molar-refractivity contribution in [2.75, 3.05) is 24.2 Å². The Hall–Kier alpha value is -1.59. The van der Waals surface area contributed by atoms with Gasteiger partial charge in [0.15, 0.2) is 0 Å². The van der Waals surface area contributed by atoms with E-state index in [1.165, 1.54) is 17.1 Å². The van der Waals surface area contributed by atoms with Crippen molar-refractivity contribution in [3.63, 3.8) is 0 Å². The predicted molar refractivity (Wildman–Crippen MR) is 71.1 cm³/mol. The summed E-state index contributed by atoms with van der Waals surface area (Å²) in [6.45, 7) is 2.06. The molecule has 0 amide bonds. The van der Waals surface area contributed by atoms with Gasteiger partial charge in [-0.05, 0) is 17.1 Å². The lowest BCUT2D eigenvalue weighted by Gasteiger charge is -2.05. The average molecular weight is 249 g/mol. The lowest BCUT2D eigenvalue weighted by atomic mass is 10.2. The molecule has 0 fully saturated rings. The van der Waals surface area contributed by atoms with Crippen molar-refractivity contribution in [2.24, 2.45) is 0 Å². The quantitative estimate of drug-likeness (QED) is 0.771. The molecule has 2 rings (SSSR count). The zero-order chi connectivity index (χ0) is 11.9. The predicted octanol–water partition coefficient (Wildman–Crippen LogP) is 2.35. The Balaban J connectivity index is 1.61. The molecule has 1 aromatic heterocycles. The van der Waals surface area contributed by atoms with E-state index in [4.69, 9.17) is 10.5 Å². The molecule has 0 atom stereocenters. The van der Waals surface area contributed by atoms with Crippen molar-refractivity contribution >= 4 is 22.4 Å². The van der Waals surface area contributed by atoms with Crippen LogP contribution >= 0.6 is 11.5 Å². The van der Waals surface area contributed by atoms with E-state index < -0.39 is 0 Å². The molecule has 4 nitrogen and oxygen atoms in total. The number of nitrogens with zero attached hydrogens (tertiary/aromatic N) is 1. The SMILES string of the molecule is Nc1cc(NCCOCc2ccccc2)sn1. The largest absolute Gasteiger partial charge is 0.383 e. The van der Waals surface area contributed by atoms with Crippen LogP contribution in [-0.2, 0) is 11.3 Å².